The van der Waals surface area contributed by atoms with Gasteiger partial charge in [0.25, 0.3) is 0 Å². The van der Waals surface area contributed by atoms with E-state index in [9.17, 15) is 99.5 Å². The van der Waals surface area contributed by atoms with E-state index in [-0.39, 0.29) is 84.7 Å². The summed E-state index contributed by atoms with van der Waals surface area (Å²) in [5, 5.41) is 179. The van der Waals surface area contributed by atoms with Crippen molar-refractivity contribution in [3.63, 3.8) is 0 Å². The molecule has 9 fully saturated rings. The second kappa shape index (κ2) is 31.7. The zero-order valence-corrected chi connectivity index (χ0v) is 58.7. The molecule has 10 aliphatic rings. The van der Waals surface area contributed by atoms with E-state index in [1.165, 1.54) is 20.8 Å². The number of allylic oxidation sites excluding steroid dienone is 2. The van der Waals surface area contributed by atoms with Gasteiger partial charge in [-0.25, -0.2) is 8.42 Å². The molecule has 97 heavy (non-hydrogen) atoms. The fourth-order valence-electron chi connectivity index (χ4n) is 17.2. The Hall–Kier alpha value is -0.840. The minimum Gasteiger partial charge on any atom is -0.726 e. The van der Waals surface area contributed by atoms with Gasteiger partial charge in [0.1, 0.15) is 128 Å². The van der Waals surface area contributed by atoms with Gasteiger partial charge in [-0.1, -0.05) is 39.3 Å². The van der Waals surface area contributed by atoms with Gasteiger partial charge in [-0.05, 0) is 113 Å². The molecule has 4 aliphatic carbocycles. The number of hydrogen-bond donors (Lipinski definition) is 16. The molecule has 6 unspecified atom stereocenters. The molecule has 0 spiro atoms. The Bertz CT molecular complexity index is 2760. The average molecular weight is 1430 g/mol. The van der Waals surface area contributed by atoms with E-state index < -0.39 is 243 Å². The maximum absolute atomic E-state index is 13.3. The fourth-order valence-corrected chi connectivity index (χ4v) is 17.7. The molecule has 0 aromatic carbocycles. The fraction of sp³-hybridized carbons (Fsp3) is 0.952. The third-order valence-electron chi connectivity index (χ3n) is 22.4. The quantitative estimate of drug-likeness (QED) is 0.0220. The Morgan fingerprint density at radius 1 is 0.588 bits per heavy atom. The molecule has 38 atom stereocenters. The SMILES string of the molecule is CC(C)CC(=O)C[C@@](C)(O)[C@H]1CC[C@H]2[C@@H]3C[C@H](OC4O[C@H](C)[C@@H](O)[C@H](OC5OC[C@@H](OC6O[C@H](CO)[C@H](O)[C@H](O)[C@H]6OC6O[C@H](C)[C@H](O)[C@H](OC7O[C@H](CO)[C@H](O)[C@H](O)[C@H]7O)[C@H]6O)[C@H](O)[C@H]5OC5O[C@H](C)[C@@H](O)[C@H](O)[C@H]5O)[C@H]4O)[C@H]4C[C@@H](OS(=O)(=O)[O-])CC[C@]4(C)C3=CC[C@@]21C.[Na+]. The largest absolute Gasteiger partial charge is 1.00 e. The topological polar surface area (TPSA) is 518 Å². The first-order valence-corrected chi connectivity index (χ1v) is 34.7. The van der Waals surface area contributed by atoms with Crippen LogP contribution in [0.3, 0.4) is 0 Å². The molecule has 0 radical (unpaired) electrons. The summed E-state index contributed by atoms with van der Waals surface area (Å²) in [6.07, 6.45) is -49.0. The van der Waals surface area contributed by atoms with Crippen LogP contribution in [0.25, 0.3) is 0 Å². The van der Waals surface area contributed by atoms with Crippen LogP contribution in [0.5, 0.6) is 0 Å². The minimum atomic E-state index is -5.17. The molecular formula is C62H101NaO33S. The number of ether oxygens (including phenoxy) is 12. The van der Waals surface area contributed by atoms with Crippen LogP contribution in [0, 0.1) is 40.4 Å². The van der Waals surface area contributed by atoms with Crippen LogP contribution >= 0.6 is 0 Å². The maximum Gasteiger partial charge on any atom is 1.00 e. The van der Waals surface area contributed by atoms with E-state index in [1.807, 2.05) is 20.8 Å². The van der Waals surface area contributed by atoms with Crippen LogP contribution in [0.1, 0.15) is 113 Å². The Balaban J connectivity index is 0.0000110. The first-order chi connectivity index (χ1) is 44.9. The molecule has 33 nitrogen and oxygen atoms in total. The molecule has 554 valence electrons. The van der Waals surface area contributed by atoms with Crippen molar-refractivity contribution >= 4 is 16.2 Å². The number of carbonyl (C=O) groups excluding carboxylic acids is 1. The molecule has 0 aromatic rings. The normalized spacial score (nSPS) is 51.1. The number of Topliss-reactive ketones (excluding diaryl/α,β-unsaturated/α-hetero) is 1. The molecule has 0 amide bonds. The number of aliphatic hydroxyl groups is 16. The van der Waals surface area contributed by atoms with Gasteiger partial charge in [0.15, 0.2) is 37.7 Å². The average Bonchev–Trinajstić information content (AvgIpc) is 1.69. The van der Waals surface area contributed by atoms with Gasteiger partial charge in [0, 0.05) is 12.8 Å². The predicted molar refractivity (Wildman–Crippen MR) is 316 cm³/mol. The third kappa shape index (κ3) is 16.3. The smallest absolute Gasteiger partial charge is 0.726 e. The Morgan fingerprint density at radius 3 is 1.64 bits per heavy atom. The molecule has 0 bridgehead atoms. The van der Waals surface area contributed by atoms with Crippen LogP contribution in [-0.2, 0) is 76.2 Å². The maximum atomic E-state index is 13.3. The Labute approximate surface area is 584 Å². The molecule has 6 saturated heterocycles. The van der Waals surface area contributed by atoms with Gasteiger partial charge in [0.2, 0.25) is 10.4 Å². The summed E-state index contributed by atoms with van der Waals surface area (Å²) in [5.41, 5.74) is -1.41. The number of fused-ring (bicyclic) bond motifs is 5. The van der Waals surface area contributed by atoms with Crippen molar-refractivity contribution in [3.8, 4) is 0 Å². The van der Waals surface area contributed by atoms with Crippen molar-refractivity contribution in [2.45, 2.75) is 309 Å². The first kappa shape index (κ1) is 80.3. The van der Waals surface area contributed by atoms with Crippen molar-refractivity contribution in [1.82, 2.24) is 0 Å². The van der Waals surface area contributed by atoms with Crippen LogP contribution in [0.2, 0.25) is 0 Å². The number of rotatable bonds is 21. The molecule has 35 heteroatoms. The first-order valence-electron chi connectivity index (χ1n) is 33.4. The molecule has 6 heterocycles. The predicted octanol–water partition coefficient (Wildman–Crippen LogP) is -8.19. The summed E-state index contributed by atoms with van der Waals surface area (Å²) >= 11 is 0. The Kier molecular flexibility index (Phi) is 26.2. The van der Waals surface area contributed by atoms with Crippen LogP contribution < -0.4 is 29.6 Å². The summed E-state index contributed by atoms with van der Waals surface area (Å²) in [7, 11) is -5.17. The van der Waals surface area contributed by atoms with E-state index >= 15 is 0 Å². The van der Waals surface area contributed by atoms with Crippen LogP contribution in [-0.4, -0.2) is 316 Å². The van der Waals surface area contributed by atoms with E-state index in [1.54, 1.807) is 6.92 Å². The van der Waals surface area contributed by atoms with Gasteiger partial charge >= 0.3 is 29.6 Å². The molecule has 16 N–H and O–H groups in total. The van der Waals surface area contributed by atoms with E-state index in [0.717, 1.165) is 5.57 Å². The third-order valence-corrected chi connectivity index (χ3v) is 22.9. The van der Waals surface area contributed by atoms with Crippen molar-refractivity contribution in [2.24, 2.45) is 40.4 Å². The van der Waals surface area contributed by atoms with Gasteiger partial charge in [0.05, 0.1) is 55.9 Å². The molecule has 0 aromatic heterocycles. The second-order valence-corrected chi connectivity index (χ2v) is 30.5. The summed E-state index contributed by atoms with van der Waals surface area (Å²) in [6, 6.07) is 0. The number of aliphatic hydroxyl groups excluding tert-OH is 15. The van der Waals surface area contributed by atoms with Gasteiger partial charge in [-0.2, -0.15) is 0 Å². The minimum absolute atomic E-state index is 0. The van der Waals surface area contributed by atoms with E-state index in [2.05, 4.69) is 13.0 Å². The molecule has 6 aliphatic heterocycles. The van der Waals surface area contributed by atoms with Crippen molar-refractivity contribution in [1.29, 1.82) is 0 Å². The van der Waals surface area contributed by atoms with Crippen molar-refractivity contribution in [3.05, 3.63) is 11.6 Å². The van der Waals surface area contributed by atoms with E-state index in [0.29, 0.717) is 32.1 Å². The Morgan fingerprint density at radius 2 is 1.07 bits per heavy atom. The van der Waals surface area contributed by atoms with Gasteiger partial charge in [-0.3, -0.25) is 8.98 Å². The number of ketones is 1. The van der Waals surface area contributed by atoms with E-state index in [4.69, 9.17) is 61.0 Å². The zero-order chi connectivity index (χ0) is 70.3. The standard InChI is InChI=1S/C62H102O33S.Na/c1-22(2)15-26(65)18-62(8,79)36-10-9-29-28-17-32(31-16-27(95-96(80,81)82)11-13-60(31,6)30(28)12-14-61(29,36)7)87-56-48(77)51(39(68)24(4)85-56)92-58-52(93-54-46(75)43(72)37(66)23(3)84-54)42(71)35(21-83-58)90-59-53(45(74)41(70)34(20-64)89-59)94-57-49(78)50(38(67)25(5)86-57)91-55-47(76)44(73)40(69)33(19-63)88-55;/h12,22-25,27-29,31-59,63-64,66-79H,9-11,13-21H2,1-8H3,(H,80,81,82);/q;+1/p-1/t23-,24-,25-,27+,28+,29+,31-,32+,33-,34-,35-,36+,37-,38+,39-,40+,41+,42+,43+,44+,45+,46-,47-,48-,49-,50+,51+,52-,53-,54?,55?,56?,57?,58?,59?,60-,61+,62-;/m1./s1. The molecular weight excluding hydrogens is 1330 g/mol. The second-order valence-electron chi connectivity index (χ2n) is 29.5. The van der Waals surface area contributed by atoms with Crippen LogP contribution in [0.4, 0.5) is 0 Å². The summed E-state index contributed by atoms with van der Waals surface area (Å²) in [5.74, 6) is -1.01. The monoisotopic (exact) mass is 1430 g/mol. The zero-order valence-electron chi connectivity index (χ0n) is 55.9. The van der Waals surface area contributed by atoms with Gasteiger partial charge in [-0.15, -0.1) is 0 Å². The van der Waals surface area contributed by atoms with Crippen molar-refractivity contribution < 1.29 is 190 Å². The molecule has 10 rings (SSSR count). The number of carbonyl (C=O) groups is 1. The number of hydrogen-bond acceptors (Lipinski definition) is 33. The summed E-state index contributed by atoms with van der Waals surface area (Å²) < 4.78 is 114. The van der Waals surface area contributed by atoms with Gasteiger partial charge < -0.3 is 143 Å². The summed E-state index contributed by atoms with van der Waals surface area (Å²) in [4.78, 5) is 13.3. The molecule has 3 saturated carbocycles. The van der Waals surface area contributed by atoms with Crippen molar-refractivity contribution in [2.75, 3.05) is 19.8 Å². The van der Waals surface area contributed by atoms with Crippen LogP contribution in [0.15, 0.2) is 11.6 Å². The summed E-state index contributed by atoms with van der Waals surface area (Å²) in [6.45, 7) is 11.4.